The number of hydrogen-bond acceptors (Lipinski definition) is 8. The van der Waals surface area contributed by atoms with E-state index in [0.29, 0.717) is 47.2 Å². The number of fused-ring (bicyclic) bond motifs is 1. The van der Waals surface area contributed by atoms with E-state index in [4.69, 9.17) is 11.6 Å². The van der Waals surface area contributed by atoms with Crippen molar-refractivity contribution in [2.24, 2.45) is 7.05 Å². The number of nitrogens with one attached hydrogen (secondary N) is 2. The lowest BCUT2D eigenvalue weighted by Crippen LogP contribution is -2.59. The molecule has 1 saturated heterocycles. The Kier molecular flexibility index (Phi) is 6.31. The van der Waals surface area contributed by atoms with E-state index in [-0.39, 0.29) is 6.04 Å². The first-order chi connectivity index (χ1) is 17.1. The van der Waals surface area contributed by atoms with Gasteiger partial charge in [0, 0.05) is 49.8 Å². The molecule has 0 aliphatic carbocycles. The topological polar surface area (TPSA) is 118 Å². The van der Waals surface area contributed by atoms with Gasteiger partial charge in [-0.25, -0.2) is 28.1 Å². The van der Waals surface area contributed by atoms with Crippen molar-refractivity contribution in [3.05, 3.63) is 53.6 Å². The smallest absolute Gasteiger partial charge is 0.209 e. The van der Waals surface area contributed by atoms with Crippen molar-refractivity contribution in [2.75, 3.05) is 29.6 Å². The fourth-order valence-corrected chi connectivity index (χ4v) is 5.45. The van der Waals surface area contributed by atoms with Crippen LogP contribution in [0.1, 0.15) is 25.3 Å². The molecular formula is C24H27ClN8O2S. The van der Waals surface area contributed by atoms with Crippen LogP contribution in [0.3, 0.4) is 0 Å². The predicted molar refractivity (Wildman–Crippen MR) is 142 cm³/mol. The molecule has 4 heterocycles. The molecule has 2 N–H and O–H groups in total. The average Bonchev–Trinajstić information content (AvgIpc) is 3.12. The van der Waals surface area contributed by atoms with Crippen molar-refractivity contribution < 1.29 is 8.42 Å². The van der Waals surface area contributed by atoms with Crippen LogP contribution in [0.4, 0.5) is 17.3 Å². The summed E-state index contributed by atoms with van der Waals surface area (Å²) >= 11 is 6.22. The number of benzene rings is 1. The molecule has 1 aliphatic rings. The summed E-state index contributed by atoms with van der Waals surface area (Å²) in [6.07, 6.45) is 6.48. The zero-order valence-electron chi connectivity index (χ0n) is 20.4. The van der Waals surface area contributed by atoms with Crippen LogP contribution in [0.15, 0.2) is 42.9 Å². The Labute approximate surface area is 214 Å². The molecule has 36 heavy (non-hydrogen) atoms. The van der Waals surface area contributed by atoms with E-state index in [1.165, 1.54) is 11.8 Å². The highest BCUT2D eigenvalue weighted by atomic mass is 35.5. The molecule has 3 aromatic heterocycles. The van der Waals surface area contributed by atoms with Crippen LogP contribution in [0.5, 0.6) is 0 Å². The summed E-state index contributed by atoms with van der Waals surface area (Å²) in [5, 5.41) is 9.89. The Bertz CT molecular complexity index is 1550. The van der Waals surface area contributed by atoms with Crippen molar-refractivity contribution >= 4 is 49.7 Å². The number of anilines is 3. The minimum Gasteiger partial charge on any atom is -0.368 e. The fourth-order valence-electron chi connectivity index (χ4n) is 4.45. The Balaban J connectivity index is 1.45. The molecule has 12 heteroatoms. The molecule has 0 radical (unpaired) electrons. The lowest BCUT2D eigenvalue weighted by Gasteiger charge is -2.41. The van der Waals surface area contributed by atoms with E-state index in [9.17, 15) is 8.42 Å². The Morgan fingerprint density at radius 1 is 1.11 bits per heavy atom. The molecular weight excluding hydrogens is 500 g/mol. The quantitative estimate of drug-likeness (QED) is 0.374. The van der Waals surface area contributed by atoms with Gasteiger partial charge in [0.05, 0.1) is 17.9 Å². The van der Waals surface area contributed by atoms with E-state index in [1.807, 2.05) is 12.3 Å². The maximum Gasteiger partial charge on any atom is 0.209 e. The molecule has 1 fully saturated rings. The first-order valence-corrected chi connectivity index (χ1v) is 13.8. The van der Waals surface area contributed by atoms with E-state index >= 15 is 0 Å². The van der Waals surface area contributed by atoms with Crippen LogP contribution in [0.2, 0.25) is 5.15 Å². The second-order valence-corrected chi connectivity index (χ2v) is 11.5. The van der Waals surface area contributed by atoms with Crippen LogP contribution >= 0.6 is 11.6 Å². The Hall–Kier alpha value is -3.28. The number of halogens is 1. The van der Waals surface area contributed by atoms with Gasteiger partial charge in [-0.15, -0.1) is 0 Å². The first-order valence-electron chi connectivity index (χ1n) is 11.5. The zero-order valence-corrected chi connectivity index (χ0v) is 22.0. The van der Waals surface area contributed by atoms with Crippen molar-refractivity contribution in [3.8, 4) is 11.4 Å². The van der Waals surface area contributed by atoms with Gasteiger partial charge in [0.2, 0.25) is 10.0 Å². The van der Waals surface area contributed by atoms with E-state index < -0.39 is 10.0 Å². The normalized spacial score (nSPS) is 14.4. The van der Waals surface area contributed by atoms with Gasteiger partial charge < -0.3 is 10.2 Å². The van der Waals surface area contributed by atoms with Crippen molar-refractivity contribution in [2.45, 2.75) is 25.8 Å². The average molecular weight is 527 g/mol. The highest BCUT2D eigenvalue weighted by Crippen LogP contribution is 2.36. The summed E-state index contributed by atoms with van der Waals surface area (Å²) in [5.41, 5.74) is 2.89. The SMILES string of the molecule is CC(C)c1ccc(N2CC(NS(C)(=O)=O)C2)c2cnc(Nc3ccnc(-c4cn(C)nc4Cl)n3)cc12. The maximum absolute atomic E-state index is 11.6. The third-order valence-corrected chi connectivity index (χ3v) is 7.11. The summed E-state index contributed by atoms with van der Waals surface area (Å²) in [6, 6.07) is 7.94. The van der Waals surface area contributed by atoms with Crippen LogP contribution < -0.4 is 14.9 Å². The second-order valence-electron chi connectivity index (χ2n) is 9.33. The monoisotopic (exact) mass is 526 g/mol. The van der Waals surface area contributed by atoms with Crippen LogP contribution in [0, 0.1) is 0 Å². The number of aromatic nitrogens is 5. The van der Waals surface area contributed by atoms with Gasteiger partial charge >= 0.3 is 0 Å². The van der Waals surface area contributed by atoms with Gasteiger partial charge in [-0.2, -0.15) is 5.10 Å². The number of pyridine rings is 1. The number of hydrogen-bond donors (Lipinski definition) is 2. The number of aryl methyl sites for hydroxylation is 1. The van der Waals surface area contributed by atoms with Crippen LogP contribution in [-0.2, 0) is 17.1 Å². The zero-order chi connectivity index (χ0) is 25.6. The highest BCUT2D eigenvalue weighted by Gasteiger charge is 2.30. The fraction of sp³-hybridized carbons (Fsp3) is 0.333. The van der Waals surface area contributed by atoms with Gasteiger partial charge in [-0.05, 0) is 35.1 Å². The molecule has 10 nitrogen and oxygen atoms in total. The summed E-state index contributed by atoms with van der Waals surface area (Å²) in [7, 11) is -1.44. The summed E-state index contributed by atoms with van der Waals surface area (Å²) in [6.45, 7) is 5.55. The molecule has 188 valence electrons. The lowest BCUT2D eigenvalue weighted by atomic mass is 9.94. The highest BCUT2D eigenvalue weighted by molar-refractivity contribution is 7.88. The van der Waals surface area contributed by atoms with Crippen molar-refractivity contribution in [1.82, 2.24) is 29.5 Å². The minimum atomic E-state index is -3.23. The molecule has 0 atom stereocenters. The molecule has 1 aliphatic heterocycles. The number of sulfonamides is 1. The maximum atomic E-state index is 11.6. The molecule has 1 aromatic carbocycles. The Morgan fingerprint density at radius 3 is 2.56 bits per heavy atom. The lowest BCUT2D eigenvalue weighted by molar-refractivity contribution is 0.472. The Morgan fingerprint density at radius 2 is 1.89 bits per heavy atom. The van der Waals surface area contributed by atoms with Crippen molar-refractivity contribution in [1.29, 1.82) is 0 Å². The van der Waals surface area contributed by atoms with Gasteiger partial charge in [-0.1, -0.05) is 31.5 Å². The van der Waals surface area contributed by atoms with Crippen LogP contribution in [0.25, 0.3) is 22.2 Å². The van der Waals surface area contributed by atoms with E-state index in [0.717, 1.165) is 16.5 Å². The molecule has 4 aromatic rings. The number of rotatable bonds is 7. The molecule has 0 unspecified atom stereocenters. The van der Waals surface area contributed by atoms with E-state index in [1.54, 1.807) is 30.2 Å². The molecule has 0 saturated carbocycles. The third-order valence-electron chi connectivity index (χ3n) is 6.07. The molecule has 0 bridgehead atoms. The third kappa shape index (κ3) is 4.99. The molecule has 0 spiro atoms. The standard InChI is InChI=1S/C24H27ClN8O2S/c1-14(2)16-5-6-20(33-11-15(12-33)31-36(4,34)35)18-10-27-22(9-17(16)18)28-21-7-8-26-24(29-21)19-13-32(3)30-23(19)25/h5-10,13-15,31H,11-12H2,1-4H3,(H,26,27,28,29). The first kappa shape index (κ1) is 24.4. The molecule has 0 amide bonds. The van der Waals surface area contributed by atoms with Gasteiger partial charge in [0.15, 0.2) is 11.0 Å². The largest absolute Gasteiger partial charge is 0.368 e. The summed E-state index contributed by atoms with van der Waals surface area (Å²) in [4.78, 5) is 15.7. The van der Waals surface area contributed by atoms with Crippen LogP contribution in [-0.4, -0.2) is 58.5 Å². The predicted octanol–water partition coefficient (Wildman–Crippen LogP) is 3.68. The van der Waals surface area contributed by atoms with Gasteiger partial charge in [0.1, 0.15) is 11.6 Å². The van der Waals surface area contributed by atoms with Gasteiger partial charge in [-0.3, -0.25) is 4.68 Å². The van der Waals surface area contributed by atoms with Gasteiger partial charge in [0.25, 0.3) is 0 Å². The summed E-state index contributed by atoms with van der Waals surface area (Å²) in [5.74, 6) is 2.03. The summed E-state index contributed by atoms with van der Waals surface area (Å²) < 4.78 is 27.4. The minimum absolute atomic E-state index is 0.0889. The van der Waals surface area contributed by atoms with E-state index in [2.05, 4.69) is 61.0 Å². The number of nitrogens with zero attached hydrogens (tertiary/aromatic N) is 6. The van der Waals surface area contributed by atoms with Crippen molar-refractivity contribution in [3.63, 3.8) is 0 Å². The second kappa shape index (κ2) is 9.30. The molecule has 5 rings (SSSR count).